The zero-order valence-electron chi connectivity index (χ0n) is 15.9. The highest BCUT2D eigenvalue weighted by Crippen LogP contribution is 2.31. The summed E-state index contributed by atoms with van der Waals surface area (Å²) in [5, 5.41) is 6.46. The number of hydrogen-bond acceptors (Lipinski definition) is 5. The first-order chi connectivity index (χ1) is 12.4. The first-order valence-electron chi connectivity index (χ1n) is 8.97. The number of thiazole rings is 1. The summed E-state index contributed by atoms with van der Waals surface area (Å²) in [5.74, 6) is 1.43. The van der Waals surface area contributed by atoms with Crippen molar-refractivity contribution in [1.29, 1.82) is 0 Å². The molecule has 0 radical (unpaired) electrons. The lowest BCUT2D eigenvalue weighted by Gasteiger charge is -2.43. The van der Waals surface area contributed by atoms with E-state index in [9.17, 15) is 4.79 Å². The van der Waals surface area contributed by atoms with E-state index in [0.29, 0.717) is 32.0 Å². The Morgan fingerprint density at radius 2 is 2.19 bits per heavy atom. The van der Waals surface area contributed by atoms with E-state index in [1.54, 1.807) is 18.4 Å². The first kappa shape index (κ1) is 18.9. The van der Waals surface area contributed by atoms with Crippen molar-refractivity contribution >= 4 is 17.2 Å². The third-order valence-electron chi connectivity index (χ3n) is 4.87. The van der Waals surface area contributed by atoms with Crippen molar-refractivity contribution < 1.29 is 9.53 Å². The fourth-order valence-corrected chi connectivity index (χ4v) is 4.16. The molecule has 1 N–H and O–H groups in total. The van der Waals surface area contributed by atoms with Gasteiger partial charge in [0.15, 0.2) is 0 Å². The lowest BCUT2D eigenvalue weighted by atomic mass is 9.75. The molecule has 0 unspecified atom stereocenters. The summed E-state index contributed by atoms with van der Waals surface area (Å²) in [7, 11) is 3.54. The number of aromatic nitrogens is 1. The normalized spacial score (nSPS) is 15.6. The highest BCUT2D eigenvalue weighted by molar-refractivity contribution is 7.09. The molecule has 0 saturated carbocycles. The minimum atomic E-state index is -0.377. The minimum Gasteiger partial charge on any atom is -0.497 e. The summed E-state index contributed by atoms with van der Waals surface area (Å²) < 4.78 is 5.31. The Morgan fingerprint density at radius 1 is 1.42 bits per heavy atom. The predicted octanol–water partition coefficient (Wildman–Crippen LogP) is 3.07. The highest BCUT2D eigenvalue weighted by atomic mass is 32.1. The van der Waals surface area contributed by atoms with Gasteiger partial charge in [-0.1, -0.05) is 26.0 Å². The number of hydrogen-bond donors (Lipinski definition) is 1. The molecule has 1 aromatic carbocycles. The number of amides is 1. The summed E-state index contributed by atoms with van der Waals surface area (Å²) in [6.45, 7) is 6.26. The second-order valence-corrected chi connectivity index (χ2v) is 8.29. The quantitative estimate of drug-likeness (QED) is 0.810. The van der Waals surface area contributed by atoms with E-state index in [0.717, 1.165) is 22.0 Å². The number of carbonyl (C=O) groups excluding carboxylic acids is 1. The van der Waals surface area contributed by atoms with E-state index in [1.165, 1.54) is 0 Å². The van der Waals surface area contributed by atoms with Crippen LogP contribution in [0.5, 0.6) is 5.75 Å². The molecule has 1 aromatic heterocycles. The van der Waals surface area contributed by atoms with E-state index in [1.807, 2.05) is 30.1 Å². The molecule has 5 nitrogen and oxygen atoms in total. The Kier molecular flexibility index (Phi) is 5.63. The van der Waals surface area contributed by atoms with Crippen LogP contribution in [0, 0.1) is 5.41 Å². The van der Waals surface area contributed by atoms with Crippen molar-refractivity contribution in [3.05, 3.63) is 45.9 Å². The number of ether oxygens (including phenoxy) is 1. The van der Waals surface area contributed by atoms with Crippen LogP contribution in [0.25, 0.3) is 0 Å². The van der Waals surface area contributed by atoms with Crippen molar-refractivity contribution in [2.75, 3.05) is 27.2 Å². The summed E-state index contributed by atoms with van der Waals surface area (Å²) in [6, 6.07) is 7.98. The second-order valence-electron chi connectivity index (χ2n) is 7.41. The van der Waals surface area contributed by atoms with Gasteiger partial charge in [0.1, 0.15) is 5.75 Å². The van der Waals surface area contributed by atoms with Crippen LogP contribution >= 0.6 is 11.3 Å². The van der Waals surface area contributed by atoms with Crippen LogP contribution in [0.15, 0.2) is 29.6 Å². The number of benzene rings is 1. The van der Waals surface area contributed by atoms with E-state index >= 15 is 0 Å². The summed E-state index contributed by atoms with van der Waals surface area (Å²) >= 11 is 1.67. The van der Waals surface area contributed by atoms with Gasteiger partial charge in [-0.2, -0.15) is 0 Å². The fraction of sp³-hybridized carbons (Fsp3) is 0.500. The zero-order valence-corrected chi connectivity index (χ0v) is 16.7. The number of carbonyl (C=O) groups is 1. The van der Waals surface area contributed by atoms with E-state index in [-0.39, 0.29) is 11.3 Å². The maximum absolute atomic E-state index is 13.2. The van der Waals surface area contributed by atoms with Crippen LogP contribution < -0.4 is 10.1 Å². The van der Waals surface area contributed by atoms with Gasteiger partial charge >= 0.3 is 0 Å². The highest BCUT2D eigenvalue weighted by Gasteiger charge is 2.45. The molecule has 2 heterocycles. The van der Waals surface area contributed by atoms with E-state index < -0.39 is 0 Å². The van der Waals surface area contributed by atoms with Crippen LogP contribution in [-0.4, -0.2) is 43.0 Å². The Hall–Kier alpha value is -1.92. The third-order valence-corrected chi connectivity index (χ3v) is 6.06. The molecule has 1 aliphatic rings. The molecule has 0 spiro atoms. The van der Waals surface area contributed by atoms with Gasteiger partial charge in [-0.3, -0.25) is 4.79 Å². The van der Waals surface area contributed by atoms with Gasteiger partial charge in [0.05, 0.1) is 29.8 Å². The molecule has 0 bridgehead atoms. The second kappa shape index (κ2) is 7.76. The van der Waals surface area contributed by atoms with Gasteiger partial charge < -0.3 is 15.0 Å². The molecule has 0 aliphatic carbocycles. The van der Waals surface area contributed by atoms with Crippen molar-refractivity contribution in [3.63, 3.8) is 0 Å². The molecule has 0 atom stereocenters. The van der Waals surface area contributed by atoms with Crippen LogP contribution in [0.4, 0.5) is 0 Å². The van der Waals surface area contributed by atoms with Crippen molar-refractivity contribution in [2.45, 2.75) is 32.7 Å². The minimum absolute atomic E-state index is 0.179. The van der Waals surface area contributed by atoms with Gasteiger partial charge in [0.25, 0.3) is 0 Å². The number of nitrogens with zero attached hydrogens (tertiary/aromatic N) is 2. The molecule has 1 amide bonds. The van der Waals surface area contributed by atoms with E-state index in [2.05, 4.69) is 35.6 Å². The van der Waals surface area contributed by atoms with E-state index in [4.69, 9.17) is 4.74 Å². The average Bonchev–Trinajstić information content (AvgIpc) is 3.06. The maximum Gasteiger partial charge on any atom is 0.231 e. The Balaban J connectivity index is 1.70. The summed E-state index contributed by atoms with van der Waals surface area (Å²) in [4.78, 5) is 19.7. The van der Waals surface area contributed by atoms with Gasteiger partial charge in [0.2, 0.25) is 5.91 Å². The van der Waals surface area contributed by atoms with Crippen molar-refractivity contribution in [3.8, 4) is 5.75 Å². The Labute approximate surface area is 159 Å². The molecular weight excluding hydrogens is 346 g/mol. The van der Waals surface area contributed by atoms with Crippen LogP contribution in [0.2, 0.25) is 0 Å². The fourth-order valence-electron chi connectivity index (χ4n) is 3.33. The smallest absolute Gasteiger partial charge is 0.231 e. The van der Waals surface area contributed by atoms with Gasteiger partial charge in [-0.15, -0.1) is 11.3 Å². The molecule has 1 aliphatic heterocycles. The van der Waals surface area contributed by atoms with Gasteiger partial charge in [-0.25, -0.2) is 4.98 Å². The standard InChI is InChI=1S/C20H27N3O2S/c1-14(2)18-22-16(11-26-18)10-23(3)19(24)20(12-21-13-20)9-15-6-5-7-17(8-15)25-4/h5-8,11,14,21H,9-10,12-13H2,1-4H3. The number of rotatable bonds is 7. The molecule has 6 heteroatoms. The zero-order chi connectivity index (χ0) is 18.7. The SMILES string of the molecule is COc1cccc(CC2(C(=O)N(C)Cc3csc(C(C)C)n3)CNC2)c1. The topological polar surface area (TPSA) is 54.5 Å². The Bertz CT molecular complexity index is 768. The van der Waals surface area contributed by atoms with Crippen molar-refractivity contribution in [2.24, 2.45) is 5.41 Å². The molecule has 140 valence electrons. The summed E-state index contributed by atoms with van der Waals surface area (Å²) in [6.07, 6.45) is 0.717. The van der Waals surface area contributed by atoms with Crippen molar-refractivity contribution in [1.82, 2.24) is 15.2 Å². The largest absolute Gasteiger partial charge is 0.497 e. The molecule has 1 saturated heterocycles. The lowest BCUT2D eigenvalue weighted by Crippen LogP contribution is -2.62. The maximum atomic E-state index is 13.2. The summed E-state index contributed by atoms with van der Waals surface area (Å²) in [5.41, 5.74) is 1.72. The number of nitrogens with one attached hydrogen (secondary N) is 1. The average molecular weight is 374 g/mol. The molecule has 2 aromatic rings. The Morgan fingerprint density at radius 3 is 2.77 bits per heavy atom. The van der Waals surface area contributed by atoms with Crippen LogP contribution in [-0.2, 0) is 17.8 Å². The predicted molar refractivity (Wildman–Crippen MR) is 105 cm³/mol. The molecule has 26 heavy (non-hydrogen) atoms. The first-order valence-corrected chi connectivity index (χ1v) is 9.85. The third kappa shape index (κ3) is 3.91. The van der Waals surface area contributed by atoms with Gasteiger partial charge in [-0.05, 0) is 24.1 Å². The molecule has 1 fully saturated rings. The molecule has 3 rings (SSSR count). The lowest BCUT2D eigenvalue weighted by molar-refractivity contribution is -0.144. The monoisotopic (exact) mass is 373 g/mol. The molecular formula is C20H27N3O2S. The van der Waals surface area contributed by atoms with Crippen LogP contribution in [0.3, 0.4) is 0 Å². The van der Waals surface area contributed by atoms with Gasteiger partial charge in [0, 0.05) is 31.4 Å². The van der Waals surface area contributed by atoms with Crippen LogP contribution in [0.1, 0.15) is 36.0 Å². The number of methoxy groups -OCH3 is 1.